The largest absolute Gasteiger partial charge is 0.465 e. The van der Waals surface area contributed by atoms with E-state index in [4.69, 9.17) is 0 Å². The first-order valence-electron chi connectivity index (χ1n) is 8.56. The van der Waals surface area contributed by atoms with E-state index >= 15 is 0 Å². The van der Waals surface area contributed by atoms with E-state index in [-0.39, 0.29) is 16.2 Å². The van der Waals surface area contributed by atoms with Gasteiger partial charge < -0.3 is 4.74 Å². The van der Waals surface area contributed by atoms with Crippen LogP contribution in [0.3, 0.4) is 0 Å². The minimum Gasteiger partial charge on any atom is -0.465 e. The Bertz CT molecular complexity index is 753. The minimum atomic E-state index is -4.21. The summed E-state index contributed by atoms with van der Waals surface area (Å²) in [5.41, 5.74) is 0.269. The first kappa shape index (κ1) is 28.1. The van der Waals surface area contributed by atoms with Crippen LogP contribution in [0, 0.1) is 0 Å². The number of ether oxygens (including phenoxy) is 1. The Labute approximate surface area is 166 Å². The quantitative estimate of drug-likeness (QED) is 0.310. The summed E-state index contributed by atoms with van der Waals surface area (Å²) in [5, 5.41) is 0. The van der Waals surface area contributed by atoms with Gasteiger partial charge in [-0.05, 0) is 33.3 Å². The summed E-state index contributed by atoms with van der Waals surface area (Å²) in [7, 11) is -2.31. The molecule has 0 amide bonds. The van der Waals surface area contributed by atoms with Crippen molar-refractivity contribution in [1.82, 2.24) is 0 Å². The highest BCUT2D eigenvalue weighted by Crippen LogP contribution is 2.26. The smallest absolute Gasteiger partial charge is 0.416 e. The molecule has 0 aromatic rings. The Kier molecular flexibility index (Phi) is 13.2. The number of carbonyl (C=O) groups is 1. The molecular formula is C20H29F3O4S. The first-order valence-corrected chi connectivity index (χ1v) is 10.2. The number of sulfone groups is 1. The van der Waals surface area contributed by atoms with E-state index < -0.39 is 27.6 Å². The second-order valence-corrected chi connectivity index (χ2v) is 7.76. The molecule has 0 radical (unpaired) electrons. The van der Waals surface area contributed by atoms with Gasteiger partial charge in [0.05, 0.1) is 28.9 Å². The van der Waals surface area contributed by atoms with E-state index in [0.717, 1.165) is 24.1 Å². The Hall–Kier alpha value is -2.09. The fourth-order valence-electron chi connectivity index (χ4n) is 1.64. The highest BCUT2D eigenvalue weighted by molar-refractivity contribution is 7.95. The highest BCUT2D eigenvalue weighted by atomic mass is 32.2. The highest BCUT2D eigenvalue weighted by Gasteiger charge is 2.30. The molecule has 0 aromatic carbocycles. The van der Waals surface area contributed by atoms with Gasteiger partial charge in [-0.1, -0.05) is 50.3 Å². The molecule has 4 nitrogen and oxygen atoms in total. The predicted molar refractivity (Wildman–Crippen MR) is 107 cm³/mol. The van der Waals surface area contributed by atoms with E-state index in [1.165, 1.54) is 33.1 Å². The molecule has 0 aliphatic rings. The zero-order valence-corrected chi connectivity index (χ0v) is 18.0. The van der Waals surface area contributed by atoms with Crippen molar-refractivity contribution in [3.05, 3.63) is 58.6 Å². The Morgan fingerprint density at radius 2 is 1.68 bits per heavy atom. The summed E-state index contributed by atoms with van der Waals surface area (Å²) in [4.78, 5) is 11.3. The van der Waals surface area contributed by atoms with Crippen molar-refractivity contribution in [3.63, 3.8) is 0 Å². The van der Waals surface area contributed by atoms with Crippen molar-refractivity contribution in [3.8, 4) is 0 Å². The number of alkyl halides is 3. The number of carbonyl (C=O) groups excluding carboxylic acids is 1. The molecule has 0 fully saturated rings. The number of hydrogen-bond acceptors (Lipinski definition) is 4. The second kappa shape index (κ2) is 13.1. The molecule has 0 aliphatic carbocycles. The van der Waals surface area contributed by atoms with Gasteiger partial charge >= 0.3 is 12.1 Å². The summed E-state index contributed by atoms with van der Waals surface area (Å²) in [6, 6.07) is 0. The van der Waals surface area contributed by atoms with Crippen LogP contribution in [0.1, 0.15) is 41.0 Å². The first-order chi connectivity index (χ1) is 12.8. The van der Waals surface area contributed by atoms with Gasteiger partial charge in [-0.25, -0.2) is 13.2 Å². The fraction of sp³-hybridized carbons (Fsp3) is 0.450. The van der Waals surface area contributed by atoms with E-state index in [1.54, 1.807) is 13.0 Å². The number of halogens is 3. The Morgan fingerprint density at radius 1 is 1.14 bits per heavy atom. The van der Waals surface area contributed by atoms with Gasteiger partial charge in [0.1, 0.15) is 0 Å². The average Bonchev–Trinajstić information content (AvgIpc) is 2.64. The Balaban J connectivity index is 0. The maximum Gasteiger partial charge on any atom is 0.416 e. The van der Waals surface area contributed by atoms with Gasteiger partial charge in [0.2, 0.25) is 0 Å². The van der Waals surface area contributed by atoms with Crippen LogP contribution in [-0.2, 0) is 19.4 Å². The lowest BCUT2D eigenvalue weighted by Crippen LogP contribution is -2.14. The molecule has 0 bridgehead atoms. The van der Waals surface area contributed by atoms with Crippen LogP contribution in [0.25, 0.3) is 0 Å². The minimum absolute atomic E-state index is 0.0790. The van der Waals surface area contributed by atoms with Crippen molar-refractivity contribution >= 4 is 15.8 Å². The predicted octanol–water partition coefficient (Wildman–Crippen LogP) is 5.46. The topological polar surface area (TPSA) is 60.4 Å². The number of esters is 1. The maximum absolute atomic E-state index is 11.9. The third kappa shape index (κ3) is 10.3. The standard InChI is InChI=1S/C13H20O4S.C7H9F3/c1-6-10(3)8-9-12(18(15,16)7-2)11(4)13(14)17-5;1-3-5-6(4-2)7(8,9)10/h8-9H,4,6-7H2,1-3,5H3;3-5H,1-2H3/b10-8+,12-9+;5-3-,6-4-. The van der Waals surface area contributed by atoms with E-state index in [2.05, 4.69) is 11.3 Å². The summed E-state index contributed by atoms with van der Waals surface area (Å²) in [6.07, 6.45) is 3.14. The van der Waals surface area contributed by atoms with Crippen molar-refractivity contribution in [2.24, 2.45) is 0 Å². The molecule has 0 atom stereocenters. The van der Waals surface area contributed by atoms with Crippen molar-refractivity contribution < 1.29 is 31.1 Å². The van der Waals surface area contributed by atoms with Gasteiger partial charge in [-0.2, -0.15) is 13.2 Å². The van der Waals surface area contributed by atoms with Crippen LogP contribution in [-0.4, -0.2) is 33.4 Å². The van der Waals surface area contributed by atoms with Crippen LogP contribution in [0.15, 0.2) is 58.6 Å². The average molecular weight is 423 g/mol. The summed E-state index contributed by atoms with van der Waals surface area (Å²) in [6.45, 7) is 11.8. The zero-order valence-electron chi connectivity index (χ0n) is 17.2. The van der Waals surface area contributed by atoms with Crippen molar-refractivity contribution in [1.29, 1.82) is 0 Å². The lowest BCUT2D eigenvalue weighted by molar-refractivity contribution is -0.135. The molecule has 0 spiro atoms. The summed E-state index contributed by atoms with van der Waals surface area (Å²) >= 11 is 0. The molecule has 0 unspecified atom stereocenters. The second-order valence-electron chi connectivity index (χ2n) is 5.51. The van der Waals surface area contributed by atoms with Crippen molar-refractivity contribution in [2.45, 2.75) is 47.2 Å². The monoisotopic (exact) mass is 422 g/mol. The lowest BCUT2D eigenvalue weighted by atomic mass is 10.2. The van der Waals surface area contributed by atoms with Crippen molar-refractivity contribution in [2.75, 3.05) is 12.9 Å². The number of rotatable bonds is 7. The third-order valence-corrected chi connectivity index (χ3v) is 5.32. The molecule has 0 N–H and O–H groups in total. The molecule has 0 aliphatic heterocycles. The van der Waals surface area contributed by atoms with Gasteiger partial charge in [0.25, 0.3) is 0 Å². The van der Waals surface area contributed by atoms with E-state index in [9.17, 15) is 26.4 Å². The molecule has 0 saturated carbocycles. The summed E-state index contributed by atoms with van der Waals surface area (Å²) < 4.78 is 63.7. The molecule has 160 valence electrons. The lowest BCUT2D eigenvalue weighted by Gasteiger charge is -2.08. The van der Waals surface area contributed by atoms with Crippen LogP contribution in [0.4, 0.5) is 13.2 Å². The molecule has 0 heterocycles. The number of hydrogen-bond donors (Lipinski definition) is 0. The van der Waals surface area contributed by atoms with Gasteiger partial charge in [-0.3, -0.25) is 0 Å². The molecule has 8 heteroatoms. The van der Waals surface area contributed by atoms with Crippen LogP contribution in [0.5, 0.6) is 0 Å². The SMILES string of the molecule is C/C=C\C(=C\C)C(F)(F)F.C=C(C(=O)OC)/C(=C\C=C(/C)CC)S(=O)(=O)CC. The number of methoxy groups -OCH3 is 1. The maximum atomic E-state index is 11.9. The molecule has 0 saturated heterocycles. The Morgan fingerprint density at radius 3 is 1.96 bits per heavy atom. The fourth-order valence-corrected chi connectivity index (χ4v) is 2.69. The molecular weight excluding hydrogens is 393 g/mol. The zero-order chi connectivity index (χ0) is 22.5. The van der Waals surface area contributed by atoms with Crippen LogP contribution < -0.4 is 0 Å². The normalized spacial score (nSPS) is 13.8. The molecule has 28 heavy (non-hydrogen) atoms. The summed E-state index contributed by atoms with van der Waals surface area (Å²) in [5.74, 6) is -0.825. The van der Waals surface area contributed by atoms with Crippen LogP contribution in [0.2, 0.25) is 0 Å². The van der Waals surface area contributed by atoms with E-state index in [0.29, 0.717) is 0 Å². The number of allylic oxidation sites excluding steroid dienone is 7. The van der Waals surface area contributed by atoms with Gasteiger partial charge in [0, 0.05) is 0 Å². The van der Waals surface area contributed by atoms with Gasteiger partial charge in [0.15, 0.2) is 9.84 Å². The molecule has 0 aromatic heterocycles. The van der Waals surface area contributed by atoms with E-state index in [1.807, 2.05) is 13.8 Å². The van der Waals surface area contributed by atoms with Gasteiger partial charge in [-0.15, -0.1) is 0 Å². The molecule has 0 rings (SSSR count). The third-order valence-electron chi connectivity index (χ3n) is 3.51. The van der Waals surface area contributed by atoms with Crippen LogP contribution >= 0.6 is 0 Å².